The maximum atomic E-state index is 10.8. The monoisotopic (exact) mass is 206 g/mol. The van der Waals surface area contributed by atoms with Gasteiger partial charge in [0.2, 0.25) is 0 Å². The fourth-order valence-electron chi connectivity index (χ4n) is 1.27. The van der Waals surface area contributed by atoms with E-state index in [1.807, 2.05) is 11.9 Å². The topological polar surface area (TPSA) is 53.4 Å². The van der Waals surface area contributed by atoms with Gasteiger partial charge in [0, 0.05) is 13.6 Å². The molecular weight excluding hydrogens is 192 g/mol. The molecule has 1 aromatic heterocycles. The van der Waals surface area contributed by atoms with E-state index >= 15 is 0 Å². The molecule has 0 amide bonds. The maximum Gasteiger partial charge on any atom is 0.337 e. The van der Waals surface area contributed by atoms with Crippen LogP contribution in [0.4, 0.5) is 5.82 Å². The fraction of sp³-hybridized carbons (Fsp3) is 0.273. The van der Waals surface area contributed by atoms with Crippen LogP contribution >= 0.6 is 0 Å². The molecule has 0 aliphatic carbocycles. The summed E-state index contributed by atoms with van der Waals surface area (Å²) >= 11 is 0. The van der Waals surface area contributed by atoms with Gasteiger partial charge in [-0.25, -0.2) is 9.78 Å². The Morgan fingerprint density at radius 2 is 2.33 bits per heavy atom. The van der Waals surface area contributed by atoms with E-state index in [0.717, 1.165) is 5.82 Å². The second-order valence-electron chi connectivity index (χ2n) is 3.28. The Morgan fingerprint density at radius 3 is 2.80 bits per heavy atom. The molecule has 0 aliphatic rings. The van der Waals surface area contributed by atoms with Crippen molar-refractivity contribution in [2.75, 3.05) is 18.5 Å². The Balaban J connectivity index is 3.00. The molecule has 1 rings (SSSR count). The van der Waals surface area contributed by atoms with E-state index in [2.05, 4.69) is 11.6 Å². The Hall–Kier alpha value is -1.84. The molecule has 1 heterocycles. The molecule has 15 heavy (non-hydrogen) atoms. The highest BCUT2D eigenvalue weighted by molar-refractivity contribution is 5.89. The Bertz CT molecular complexity index is 388. The van der Waals surface area contributed by atoms with Gasteiger partial charge in [0.25, 0.3) is 0 Å². The Kier molecular flexibility index (Phi) is 3.44. The number of carboxylic acids is 1. The molecule has 0 aliphatic heterocycles. The second kappa shape index (κ2) is 4.59. The summed E-state index contributed by atoms with van der Waals surface area (Å²) in [6, 6.07) is 3.26. The van der Waals surface area contributed by atoms with Gasteiger partial charge < -0.3 is 10.0 Å². The molecule has 0 bridgehead atoms. The molecule has 0 saturated heterocycles. The Labute approximate surface area is 88.9 Å². The van der Waals surface area contributed by atoms with Gasteiger partial charge >= 0.3 is 5.97 Å². The quantitative estimate of drug-likeness (QED) is 0.762. The van der Waals surface area contributed by atoms with E-state index in [1.54, 1.807) is 25.1 Å². The van der Waals surface area contributed by atoms with Crippen LogP contribution in [0, 0.1) is 6.92 Å². The highest BCUT2D eigenvalue weighted by Gasteiger charge is 2.09. The summed E-state index contributed by atoms with van der Waals surface area (Å²) in [4.78, 5) is 16.9. The van der Waals surface area contributed by atoms with Crippen molar-refractivity contribution in [3.63, 3.8) is 0 Å². The number of carbonyl (C=O) groups is 1. The Morgan fingerprint density at radius 1 is 1.67 bits per heavy atom. The summed E-state index contributed by atoms with van der Waals surface area (Å²) in [5.41, 5.74) is 0.765. The van der Waals surface area contributed by atoms with Crippen molar-refractivity contribution in [3.8, 4) is 0 Å². The van der Waals surface area contributed by atoms with Gasteiger partial charge in [0.1, 0.15) is 5.82 Å². The van der Waals surface area contributed by atoms with Crippen LogP contribution in [0.5, 0.6) is 0 Å². The van der Waals surface area contributed by atoms with Gasteiger partial charge in [-0.15, -0.1) is 6.58 Å². The van der Waals surface area contributed by atoms with Gasteiger partial charge in [-0.2, -0.15) is 0 Å². The van der Waals surface area contributed by atoms with Crippen LogP contribution in [0.25, 0.3) is 0 Å². The zero-order valence-electron chi connectivity index (χ0n) is 8.90. The number of carboxylic acid groups (broad SMARTS) is 1. The minimum atomic E-state index is -0.946. The molecule has 1 N–H and O–H groups in total. The van der Waals surface area contributed by atoms with Crippen LogP contribution in [-0.4, -0.2) is 29.7 Å². The number of aromatic carboxylic acids is 1. The highest BCUT2D eigenvalue weighted by atomic mass is 16.4. The van der Waals surface area contributed by atoms with E-state index < -0.39 is 5.97 Å². The summed E-state index contributed by atoms with van der Waals surface area (Å²) < 4.78 is 0. The molecule has 4 nitrogen and oxygen atoms in total. The first-order valence-corrected chi connectivity index (χ1v) is 4.59. The minimum Gasteiger partial charge on any atom is -0.478 e. The van der Waals surface area contributed by atoms with E-state index in [-0.39, 0.29) is 5.56 Å². The first-order valence-electron chi connectivity index (χ1n) is 4.59. The van der Waals surface area contributed by atoms with Crippen LogP contribution < -0.4 is 4.90 Å². The molecule has 0 aromatic carbocycles. The molecule has 0 unspecified atom stereocenters. The van der Waals surface area contributed by atoms with Crippen molar-refractivity contribution in [2.45, 2.75) is 6.92 Å². The average Bonchev–Trinajstić information content (AvgIpc) is 2.17. The number of likely N-dealkylation sites (N-methyl/N-ethyl adjacent to an activating group) is 1. The van der Waals surface area contributed by atoms with Crippen LogP contribution in [0.15, 0.2) is 24.8 Å². The third-order valence-corrected chi connectivity index (χ3v) is 2.10. The minimum absolute atomic E-state index is 0.241. The lowest BCUT2D eigenvalue weighted by atomic mass is 10.2. The molecule has 0 radical (unpaired) electrons. The number of aromatic nitrogens is 1. The summed E-state index contributed by atoms with van der Waals surface area (Å²) in [6.45, 7) is 6.00. The van der Waals surface area contributed by atoms with E-state index in [0.29, 0.717) is 12.2 Å². The van der Waals surface area contributed by atoms with Gasteiger partial charge in [-0.3, -0.25) is 0 Å². The first-order chi connectivity index (χ1) is 7.06. The van der Waals surface area contributed by atoms with Gasteiger partial charge in [0.05, 0.1) is 11.3 Å². The molecule has 4 heteroatoms. The van der Waals surface area contributed by atoms with Crippen LogP contribution in [-0.2, 0) is 0 Å². The number of aryl methyl sites for hydroxylation is 1. The summed E-state index contributed by atoms with van der Waals surface area (Å²) in [6.07, 6.45) is 1.77. The van der Waals surface area contributed by atoms with Crippen molar-refractivity contribution in [3.05, 3.63) is 36.0 Å². The molecule has 0 spiro atoms. The second-order valence-corrected chi connectivity index (χ2v) is 3.28. The predicted octanol–water partition coefficient (Wildman–Crippen LogP) is 1.71. The van der Waals surface area contributed by atoms with Gasteiger partial charge in [-0.05, 0) is 19.1 Å². The lowest BCUT2D eigenvalue weighted by Gasteiger charge is -2.16. The van der Waals surface area contributed by atoms with Crippen LogP contribution in [0.1, 0.15) is 16.1 Å². The standard InChI is InChI=1S/C11H14N2O2/c1-4-7-13(3)10-6-5-9(11(14)15)8(2)12-10/h4-6H,1,7H2,2-3H3,(H,14,15). The predicted molar refractivity (Wildman–Crippen MR) is 59.4 cm³/mol. The number of pyridine rings is 1. The number of rotatable bonds is 4. The molecule has 80 valence electrons. The lowest BCUT2D eigenvalue weighted by Crippen LogP contribution is -2.18. The molecule has 0 saturated carbocycles. The third kappa shape index (κ3) is 2.56. The zero-order valence-corrected chi connectivity index (χ0v) is 8.90. The molecule has 0 fully saturated rings. The highest BCUT2D eigenvalue weighted by Crippen LogP contribution is 2.13. The van der Waals surface area contributed by atoms with Crippen LogP contribution in [0.2, 0.25) is 0 Å². The molecular formula is C11H14N2O2. The zero-order chi connectivity index (χ0) is 11.4. The van der Waals surface area contributed by atoms with E-state index in [1.165, 1.54) is 0 Å². The average molecular weight is 206 g/mol. The van der Waals surface area contributed by atoms with Crippen molar-refractivity contribution in [1.82, 2.24) is 4.98 Å². The number of hydrogen-bond donors (Lipinski definition) is 1. The summed E-state index contributed by atoms with van der Waals surface area (Å²) in [7, 11) is 1.88. The van der Waals surface area contributed by atoms with Crippen molar-refractivity contribution in [2.24, 2.45) is 0 Å². The van der Waals surface area contributed by atoms with Crippen LogP contribution in [0.3, 0.4) is 0 Å². The molecule has 0 atom stereocenters. The van der Waals surface area contributed by atoms with E-state index in [9.17, 15) is 4.79 Å². The number of nitrogens with zero attached hydrogens (tertiary/aromatic N) is 2. The molecule has 1 aromatic rings. The van der Waals surface area contributed by atoms with E-state index in [4.69, 9.17) is 5.11 Å². The number of anilines is 1. The lowest BCUT2D eigenvalue weighted by molar-refractivity contribution is 0.0695. The number of hydrogen-bond acceptors (Lipinski definition) is 3. The van der Waals surface area contributed by atoms with Crippen molar-refractivity contribution >= 4 is 11.8 Å². The normalized spacial score (nSPS) is 9.73. The third-order valence-electron chi connectivity index (χ3n) is 2.10. The summed E-state index contributed by atoms with van der Waals surface area (Å²) in [5.74, 6) is -0.199. The maximum absolute atomic E-state index is 10.8. The largest absolute Gasteiger partial charge is 0.478 e. The van der Waals surface area contributed by atoms with Crippen molar-refractivity contribution in [1.29, 1.82) is 0 Å². The van der Waals surface area contributed by atoms with Crippen molar-refractivity contribution < 1.29 is 9.90 Å². The first kappa shape index (κ1) is 11.2. The van der Waals surface area contributed by atoms with Gasteiger partial charge in [-0.1, -0.05) is 6.08 Å². The van der Waals surface area contributed by atoms with Gasteiger partial charge in [0.15, 0.2) is 0 Å². The summed E-state index contributed by atoms with van der Waals surface area (Å²) in [5, 5.41) is 8.83. The fourth-order valence-corrected chi connectivity index (χ4v) is 1.27. The SMILES string of the molecule is C=CCN(C)c1ccc(C(=O)O)c(C)n1. The smallest absolute Gasteiger partial charge is 0.337 e.